The van der Waals surface area contributed by atoms with Gasteiger partial charge in [0, 0.05) is 42.7 Å². The second kappa shape index (κ2) is 20.6. The summed E-state index contributed by atoms with van der Waals surface area (Å²) in [6.07, 6.45) is 1.81. The number of oxime groups is 1. The highest BCUT2D eigenvalue weighted by atomic mass is 32.2. The normalized spacial score (nSPS) is 17.8. The van der Waals surface area contributed by atoms with Crippen molar-refractivity contribution in [2.24, 2.45) is 5.16 Å². The van der Waals surface area contributed by atoms with E-state index in [9.17, 15) is 24.0 Å². The topological polar surface area (TPSA) is 194 Å². The Morgan fingerprint density at radius 2 is 1.59 bits per heavy atom. The van der Waals surface area contributed by atoms with Gasteiger partial charge in [-0.1, -0.05) is 108 Å². The molecule has 4 amide bonds. The number of hydrogen-bond acceptors (Lipinski definition) is 13. The van der Waals surface area contributed by atoms with Crippen molar-refractivity contribution in [3.05, 3.63) is 184 Å². The molecule has 16 nitrogen and oxygen atoms in total. The molecule has 5 heterocycles. The molecule has 3 atom stereocenters. The van der Waals surface area contributed by atoms with E-state index in [1.807, 2.05) is 109 Å². The number of fused-ring (bicyclic) bond motifs is 1. The summed E-state index contributed by atoms with van der Waals surface area (Å²) in [7, 11) is 1.56. The number of thiazole rings is 1. The summed E-state index contributed by atoms with van der Waals surface area (Å²) < 4.78 is 13.0. The first-order valence-electron chi connectivity index (χ1n) is 22.1. The van der Waals surface area contributed by atoms with Gasteiger partial charge in [0.05, 0.1) is 7.11 Å². The van der Waals surface area contributed by atoms with Gasteiger partial charge in [-0.15, -0.1) is 23.1 Å². The predicted octanol–water partition coefficient (Wildman–Crippen LogP) is 5.43. The first-order valence-corrected chi connectivity index (χ1v) is 24.0. The lowest BCUT2D eigenvalue weighted by Crippen LogP contribution is -2.71. The summed E-state index contributed by atoms with van der Waals surface area (Å²) in [4.78, 5) is 79.0. The van der Waals surface area contributed by atoms with E-state index >= 15 is 0 Å². The number of thioether (sulfide) groups is 1. The maximum Gasteiger partial charge on any atom is 0.355 e. The van der Waals surface area contributed by atoms with Gasteiger partial charge in [0.1, 0.15) is 46.4 Å². The number of ether oxygens (including phenoxy) is 2. The third-order valence-corrected chi connectivity index (χ3v) is 14.2. The zero-order valence-corrected chi connectivity index (χ0v) is 39.1. The Morgan fingerprint density at radius 3 is 2.20 bits per heavy atom. The van der Waals surface area contributed by atoms with Crippen LogP contribution < -0.4 is 30.6 Å². The molecule has 0 saturated carbocycles. The fraction of sp³-hybridized carbons (Fsp3) is 0.216. The quantitative estimate of drug-likeness (QED) is 0.0163. The minimum atomic E-state index is -1.08. The number of pyridine rings is 1. The first kappa shape index (κ1) is 46.3. The van der Waals surface area contributed by atoms with E-state index in [1.165, 1.54) is 28.0 Å². The van der Waals surface area contributed by atoms with E-state index < -0.39 is 40.8 Å². The second-order valence-electron chi connectivity index (χ2n) is 16.3. The molecule has 0 aliphatic carbocycles. The van der Waals surface area contributed by atoms with Gasteiger partial charge in [-0.2, -0.15) is 4.57 Å². The Balaban J connectivity index is 1.01. The van der Waals surface area contributed by atoms with Gasteiger partial charge in [-0.3, -0.25) is 24.1 Å². The van der Waals surface area contributed by atoms with Gasteiger partial charge < -0.3 is 35.6 Å². The van der Waals surface area contributed by atoms with Gasteiger partial charge in [-0.05, 0) is 40.5 Å². The van der Waals surface area contributed by atoms with Gasteiger partial charge in [0.2, 0.25) is 18.2 Å². The predicted molar refractivity (Wildman–Crippen MR) is 260 cm³/mol. The van der Waals surface area contributed by atoms with Crippen LogP contribution >= 0.6 is 23.1 Å². The standard InChI is InChI=1S/C51H46N8O8S2/c1-32-39(53-31-60)19-12-26-58(32)27-34-29-68-48-43(47(63)59(48)44(34)49(64)66-28-33-20-22-38(65-2)23-21-33)55-46(62)42(57-67-41-24-25-52-45(41)61)40-30-69-50(54-40)56-51(35-13-6-3-7-14-35,36-15-8-4-9-16-36)37-17-10-5-11-18-37/h3-23,26,30-31,41,43,48H,24-25,27-29H2,1-2H3,(H3-,52,53,54,55,56,60,61,62)/p+1/b57-42-/t41-,43+,48-/m0/s1. The highest BCUT2D eigenvalue weighted by Gasteiger charge is 2.55. The molecule has 2 aromatic heterocycles. The van der Waals surface area contributed by atoms with Crippen molar-refractivity contribution in [2.45, 2.75) is 49.6 Å². The minimum absolute atomic E-state index is 0.0711. The number of rotatable bonds is 18. The monoisotopic (exact) mass is 963 g/mol. The van der Waals surface area contributed by atoms with E-state index in [-0.39, 0.29) is 36.2 Å². The Labute approximate surface area is 405 Å². The van der Waals surface area contributed by atoms with Gasteiger partial charge >= 0.3 is 5.97 Å². The minimum Gasteiger partial charge on any atom is -0.497 e. The molecule has 2 saturated heterocycles. The molecule has 9 rings (SSSR count). The molecule has 2 fully saturated rings. The van der Waals surface area contributed by atoms with Gasteiger partial charge in [0.15, 0.2) is 23.6 Å². The summed E-state index contributed by atoms with van der Waals surface area (Å²) in [5.41, 5.74) is 4.50. The number of anilines is 2. The van der Waals surface area contributed by atoms with E-state index in [4.69, 9.17) is 19.3 Å². The van der Waals surface area contributed by atoms with Crippen molar-refractivity contribution in [1.29, 1.82) is 0 Å². The summed E-state index contributed by atoms with van der Waals surface area (Å²) in [6, 6.07) is 39.5. The van der Waals surface area contributed by atoms with Gasteiger partial charge in [-0.25, -0.2) is 9.78 Å². The van der Waals surface area contributed by atoms with Crippen LogP contribution in [-0.2, 0) is 52.2 Å². The highest BCUT2D eigenvalue weighted by molar-refractivity contribution is 8.00. The molecule has 350 valence electrons. The maximum atomic E-state index is 14.6. The van der Waals surface area contributed by atoms with E-state index in [0.717, 1.165) is 22.4 Å². The molecule has 4 aromatic carbocycles. The average Bonchev–Trinajstić information content (AvgIpc) is 4.04. The Bertz CT molecular complexity index is 2840. The summed E-state index contributed by atoms with van der Waals surface area (Å²) in [5.74, 6) is -1.44. The molecular formula is C51H47N8O8S2+. The lowest BCUT2D eigenvalue weighted by molar-refractivity contribution is -0.694. The van der Waals surface area contributed by atoms with Crippen LogP contribution in [0, 0.1) is 6.92 Å². The molecule has 6 aromatic rings. The van der Waals surface area contributed by atoms with Crippen LogP contribution in [0.25, 0.3) is 0 Å². The van der Waals surface area contributed by atoms with Crippen LogP contribution in [0.1, 0.15) is 40.1 Å². The number of carbonyl (C=O) groups excluding carboxylic acids is 5. The summed E-state index contributed by atoms with van der Waals surface area (Å²) >= 11 is 2.63. The number of nitrogens with zero attached hydrogens (tertiary/aromatic N) is 4. The molecular weight excluding hydrogens is 917 g/mol. The molecule has 4 N–H and O–H groups in total. The Morgan fingerprint density at radius 1 is 0.928 bits per heavy atom. The fourth-order valence-electron chi connectivity index (χ4n) is 8.54. The maximum absolute atomic E-state index is 14.6. The molecule has 69 heavy (non-hydrogen) atoms. The molecule has 3 aliphatic rings. The molecule has 0 bridgehead atoms. The molecule has 18 heteroatoms. The van der Waals surface area contributed by atoms with Crippen molar-refractivity contribution in [2.75, 3.05) is 30.0 Å². The van der Waals surface area contributed by atoms with Crippen molar-refractivity contribution < 1.29 is 42.9 Å². The number of β-lactam (4-membered cyclic amide) rings is 1. The smallest absolute Gasteiger partial charge is 0.355 e. The third-order valence-electron chi connectivity index (χ3n) is 12.1. The number of benzene rings is 4. The molecule has 0 unspecified atom stereocenters. The summed E-state index contributed by atoms with van der Waals surface area (Å²) in [6.45, 7) is 2.35. The number of hydrogen-bond donors (Lipinski definition) is 4. The number of esters is 1. The van der Waals surface area contributed by atoms with Crippen LogP contribution in [0.3, 0.4) is 0 Å². The van der Waals surface area contributed by atoms with Crippen LogP contribution in [-0.4, -0.2) is 82.6 Å². The lowest BCUT2D eigenvalue weighted by Gasteiger charge is -2.49. The van der Waals surface area contributed by atoms with Crippen molar-refractivity contribution >= 4 is 69.7 Å². The van der Waals surface area contributed by atoms with E-state index in [2.05, 4.69) is 26.4 Å². The summed E-state index contributed by atoms with van der Waals surface area (Å²) in [5, 5.41) is 17.7. The highest BCUT2D eigenvalue weighted by Crippen LogP contribution is 2.42. The zero-order chi connectivity index (χ0) is 47.9. The number of methoxy groups -OCH3 is 1. The van der Waals surface area contributed by atoms with Crippen molar-refractivity contribution in [3.63, 3.8) is 0 Å². The van der Waals surface area contributed by atoms with E-state index in [0.29, 0.717) is 52.8 Å². The van der Waals surface area contributed by atoms with Crippen LogP contribution in [0.15, 0.2) is 155 Å². The Hall–Kier alpha value is -7.83. The van der Waals surface area contributed by atoms with Crippen molar-refractivity contribution in [1.82, 2.24) is 20.5 Å². The second-order valence-corrected chi connectivity index (χ2v) is 18.2. The number of carbonyl (C=O) groups is 5. The first-order chi connectivity index (χ1) is 33.7. The largest absolute Gasteiger partial charge is 0.497 e. The van der Waals surface area contributed by atoms with Crippen LogP contribution in [0.4, 0.5) is 10.8 Å². The van der Waals surface area contributed by atoms with Crippen molar-refractivity contribution in [3.8, 4) is 5.75 Å². The van der Waals surface area contributed by atoms with Gasteiger partial charge in [0.25, 0.3) is 17.7 Å². The number of aromatic nitrogens is 2. The van der Waals surface area contributed by atoms with Crippen LogP contribution in [0.2, 0.25) is 0 Å². The molecule has 3 aliphatic heterocycles. The third kappa shape index (κ3) is 9.53. The molecule has 0 radical (unpaired) electrons. The Kier molecular flexibility index (Phi) is 13.8. The fourth-order valence-corrected chi connectivity index (χ4v) is 10.6. The van der Waals surface area contributed by atoms with Crippen LogP contribution in [0.5, 0.6) is 5.75 Å². The number of nitrogens with one attached hydrogen (secondary N) is 4. The SMILES string of the molecule is COc1ccc(COC(=O)C2=C(C[n+]3cccc(NC=O)c3C)CS[C@H]3[C@H](NC(=O)/C(=N\O[C@H]4CCNC4=O)c4csc(NC(c5ccccc5)(c5ccccc5)c5ccccc5)n4)C(=O)N23)cc1. The zero-order valence-electron chi connectivity index (χ0n) is 37.5. The number of amides is 4. The molecule has 0 spiro atoms. The average molecular weight is 964 g/mol. The lowest BCUT2D eigenvalue weighted by atomic mass is 9.77. The van der Waals surface area contributed by atoms with E-state index in [1.54, 1.807) is 48.9 Å².